The molecule has 2 amide bonds. The van der Waals surface area contributed by atoms with E-state index in [4.69, 9.17) is 14.3 Å². The Morgan fingerprint density at radius 3 is 2.33 bits per heavy atom. The highest BCUT2D eigenvalue weighted by atomic mass is 32.2. The van der Waals surface area contributed by atoms with Crippen molar-refractivity contribution < 1.29 is 27.3 Å². The fourth-order valence-corrected chi connectivity index (χ4v) is 5.83. The maximum atomic E-state index is 13.5. The van der Waals surface area contributed by atoms with Gasteiger partial charge in [0.15, 0.2) is 0 Å². The van der Waals surface area contributed by atoms with Crippen LogP contribution in [0.4, 0.5) is 10.5 Å². The molecule has 0 aliphatic carbocycles. The molecule has 2 aromatic heterocycles. The monoisotopic (exact) mass is 594 g/mol. The van der Waals surface area contributed by atoms with Crippen molar-refractivity contribution in [3.63, 3.8) is 0 Å². The molecule has 1 aromatic carbocycles. The lowest BCUT2D eigenvalue weighted by molar-refractivity contribution is -0.124. The molecule has 0 radical (unpaired) electrons. The number of anilines is 1. The summed E-state index contributed by atoms with van der Waals surface area (Å²) in [5, 5.41) is 10.5. The lowest BCUT2D eigenvalue weighted by Gasteiger charge is -2.26. The Bertz CT molecular complexity index is 1350. The number of amides is 2. The van der Waals surface area contributed by atoms with Gasteiger partial charge >= 0.3 is 16.4 Å². The van der Waals surface area contributed by atoms with E-state index in [2.05, 4.69) is 10.6 Å². The van der Waals surface area contributed by atoms with Gasteiger partial charge in [-0.2, -0.15) is 8.42 Å². The summed E-state index contributed by atoms with van der Waals surface area (Å²) >= 11 is 3.04. The summed E-state index contributed by atoms with van der Waals surface area (Å²) in [5.41, 5.74) is 0.958. The Hall–Kier alpha value is -3.00. The topological polar surface area (TPSA) is 147 Å². The SMILES string of the molecule is CC(C)CC(NC(=O)OC(C)(C)C)C(=O)NC(Cc1ccc(NS(=O)(=O)O)cc1)c1csc(-c2cccs2)n1. The van der Waals surface area contributed by atoms with E-state index in [1.54, 1.807) is 44.2 Å². The van der Waals surface area contributed by atoms with Gasteiger partial charge in [0, 0.05) is 5.38 Å². The number of carbonyl (C=O) groups excluding carboxylic acids is 2. The molecule has 0 saturated heterocycles. The first-order valence-electron chi connectivity index (χ1n) is 12.3. The van der Waals surface area contributed by atoms with E-state index in [0.717, 1.165) is 15.4 Å². The van der Waals surface area contributed by atoms with Crippen LogP contribution in [0.25, 0.3) is 9.88 Å². The van der Waals surface area contributed by atoms with Gasteiger partial charge in [-0.3, -0.25) is 14.1 Å². The minimum absolute atomic E-state index is 0.127. The second kappa shape index (κ2) is 12.9. The highest BCUT2D eigenvalue weighted by molar-refractivity contribution is 7.87. The highest BCUT2D eigenvalue weighted by Crippen LogP contribution is 2.31. The van der Waals surface area contributed by atoms with Crippen molar-refractivity contribution in [2.75, 3.05) is 4.72 Å². The number of nitrogens with zero attached hydrogens (tertiary/aromatic N) is 1. The van der Waals surface area contributed by atoms with Crippen LogP contribution in [0.15, 0.2) is 47.2 Å². The lowest BCUT2D eigenvalue weighted by Crippen LogP contribution is -2.49. The first-order chi connectivity index (χ1) is 18.2. The number of ether oxygens (including phenoxy) is 1. The summed E-state index contributed by atoms with van der Waals surface area (Å²) in [6.07, 6.45) is 0.0906. The number of thiazole rings is 1. The van der Waals surface area contributed by atoms with Crippen molar-refractivity contribution in [1.82, 2.24) is 15.6 Å². The van der Waals surface area contributed by atoms with E-state index in [9.17, 15) is 18.0 Å². The van der Waals surface area contributed by atoms with Gasteiger partial charge < -0.3 is 15.4 Å². The van der Waals surface area contributed by atoms with Crippen LogP contribution in [-0.2, 0) is 26.3 Å². The Labute approximate surface area is 237 Å². The number of rotatable bonds is 11. The number of nitrogens with one attached hydrogen (secondary N) is 3. The van der Waals surface area contributed by atoms with Crippen LogP contribution in [0.5, 0.6) is 0 Å². The van der Waals surface area contributed by atoms with Gasteiger partial charge in [0.2, 0.25) is 5.91 Å². The highest BCUT2D eigenvalue weighted by Gasteiger charge is 2.28. The number of carbonyl (C=O) groups is 2. The second-order valence-corrected chi connectivity index (χ2v) is 13.4. The summed E-state index contributed by atoms with van der Waals surface area (Å²) in [6.45, 7) is 9.19. The Kier molecular flexibility index (Phi) is 10.1. The number of hydrogen-bond donors (Lipinski definition) is 4. The summed E-state index contributed by atoms with van der Waals surface area (Å²) in [5.74, 6) is -0.239. The van der Waals surface area contributed by atoms with Crippen molar-refractivity contribution >= 4 is 50.7 Å². The molecule has 2 unspecified atom stereocenters. The van der Waals surface area contributed by atoms with E-state index in [0.29, 0.717) is 18.5 Å². The van der Waals surface area contributed by atoms with E-state index >= 15 is 0 Å². The second-order valence-electron chi connectivity index (χ2n) is 10.4. The third kappa shape index (κ3) is 10.2. The van der Waals surface area contributed by atoms with E-state index in [1.165, 1.54) is 23.5 Å². The molecule has 0 fully saturated rings. The van der Waals surface area contributed by atoms with Gasteiger partial charge in [-0.1, -0.05) is 32.0 Å². The van der Waals surface area contributed by atoms with Crippen LogP contribution < -0.4 is 15.4 Å². The summed E-state index contributed by atoms with van der Waals surface area (Å²) < 4.78 is 38.6. The number of aromatic nitrogens is 1. The van der Waals surface area contributed by atoms with E-state index in [1.807, 2.05) is 41.5 Å². The van der Waals surface area contributed by atoms with Crippen molar-refractivity contribution in [2.45, 2.75) is 65.1 Å². The molecule has 13 heteroatoms. The molecule has 3 aromatic rings. The van der Waals surface area contributed by atoms with Gasteiger partial charge in [0.05, 0.1) is 22.3 Å². The predicted molar refractivity (Wildman–Crippen MR) is 154 cm³/mol. The number of alkyl carbamates (subject to hydrolysis) is 1. The molecule has 2 atom stereocenters. The molecule has 212 valence electrons. The first-order valence-corrected chi connectivity index (χ1v) is 15.5. The summed E-state index contributed by atoms with van der Waals surface area (Å²) in [6, 6.07) is 9.01. The zero-order chi connectivity index (χ0) is 28.8. The molecule has 2 heterocycles. The van der Waals surface area contributed by atoms with Crippen LogP contribution in [0.3, 0.4) is 0 Å². The van der Waals surface area contributed by atoms with Gasteiger partial charge in [0.1, 0.15) is 16.7 Å². The zero-order valence-corrected chi connectivity index (χ0v) is 24.9. The normalized spacial score (nSPS) is 13.5. The molecule has 4 N–H and O–H groups in total. The fourth-order valence-electron chi connectivity index (χ4n) is 3.71. The minimum Gasteiger partial charge on any atom is -0.444 e. The van der Waals surface area contributed by atoms with Crippen molar-refractivity contribution in [3.05, 3.63) is 58.4 Å². The third-order valence-electron chi connectivity index (χ3n) is 5.28. The predicted octanol–water partition coefficient (Wildman–Crippen LogP) is 5.43. The smallest absolute Gasteiger partial charge is 0.408 e. The minimum atomic E-state index is -4.39. The van der Waals surface area contributed by atoms with Crippen LogP contribution >= 0.6 is 22.7 Å². The van der Waals surface area contributed by atoms with E-state index < -0.39 is 34.1 Å². The quantitative estimate of drug-likeness (QED) is 0.217. The zero-order valence-electron chi connectivity index (χ0n) is 22.4. The average Bonchev–Trinajstić information content (AvgIpc) is 3.49. The average molecular weight is 595 g/mol. The number of benzene rings is 1. The van der Waals surface area contributed by atoms with Crippen LogP contribution in [0.2, 0.25) is 0 Å². The van der Waals surface area contributed by atoms with Gasteiger partial charge in [-0.05, 0) is 68.7 Å². The maximum Gasteiger partial charge on any atom is 0.408 e. The largest absolute Gasteiger partial charge is 0.444 e. The Balaban J connectivity index is 1.85. The molecule has 0 bridgehead atoms. The molecule has 3 rings (SSSR count). The van der Waals surface area contributed by atoms with Crippen molar-refractivity contribution in [3.8, 4) is 9.88 Å². The third-order valence-corrected chi connectivity index (χ3v) is 7.68. The molecule has 0 aliphatic heterocycles. The number of thiophene rings is 1. The maximum absolute atomic E-state index is 13.5. The Morgan fingerprint density at radius 1 is 1.08 bits per heavy atom. The molecule has 0 spiro atoms. The summed E-state index contributed by atoms with van der Waals surface area (Å²) in [4.78, 5) is 31.8. The Morgan fingerprint density at radius 2 is 1.77 bits per heavy atom. The van der Waals surface area contributed by atoms with Crippen LogP contribution in [0.1, 0.15) is 58.3 Å². The van der Waals surface area contributed by atoms with Gasteiger partial charge in [-0.25, -0.2) is 9.78 Å². The lowest BCUT2D eigenvalue weighted by atomic mass is 10.0. The molecular formula is C26H34N4O6S3. The standard InChI is InChI=1S/C26H34N4O6S3/c1-16(2)13-20(29-25(32)36-26(3,4)5)23(31)27-19(21-15-38-24(28-21)22-7-6-12-37-22)14-17-8-10-18(11-9-17)30-39(33,34)35/h6-12,15-16,19-20,30H,13-14H2,1-5H3,(H,27,31)(H,29,32)(H,33,34,35). The summed E-state index contributed by atoms with van der Waals surface area (Å²) in [7, 11) is -4.39. The first kappa shape index (κ1) is 30.5. The van der Waals surface area contributed by atoms with Crippen LogP contribution in [-0.4, -0.2) is 41.6 Å². The molecule has 39 heavy (non-hydrogen) atoms. The van der Waals surface area contributed by atoms with Gasteiger partial charge in [0.25, 0.3) is 0 Å². The number of hydrogen-bond acceptors (Lipinski definition) is 8. The molecule has 0 aliphatic rings. The van der Waals surface area contributed by atoms with Crippen molar-refractivity contribution in [2.24, 2.45) is 5.92 Å². The molecule has 0 saturated carbocycles. The molecular weight excluding hydrogens is 561 g/mol. The van der Waals surface area contributed by atoms with Crippen molar-refractivity contribution in [1.29, 1.82) is 0 Å². The van der Waals surface area contributed by atoms with Crippen LogP contribution in [0, 0.1) is 5.92 Å². The van der Waals surface area contributed by atoms with E-state index in [-0.39, 0.29) is 17.5 Å². The van der Waals surface area contributed by atoms with Gasteiger partial charge in [-0.15, -0.1) is 22.7 Å². The fraction of sp³-hybridized carbons (Fsp3) is 0.423. The molecule has 10 nitrogen and oxygen atoms in total.